The summed E-state index contributed by atoms with van der Waals surface area (Å²) in [5.41, 5.74) is -0.411. The van der Waals surface area contributed by atoms with Gasteiger partial charge in [-0.1, -0.05) is 6.92 Å². The molecule has 0 saturated heterocycles. The number of benzene rings is 1. The third kappa shape index (κ3) is 2.90. The van der Waals surface area contributed by atoms with Crippen molar-refractivity contribution in [2.75, 3.05) is 0 Å². The molecular formula is C16H18N2O5. The maximum Gasteiger partial charge on any atom is 0.297 e. The lowest BCUT2D eigenvalue weighted by Crippen LogP contribution is -2.20. The van der Waals surface area contributed by atoms with Crippen LogP contribution in [0.4, 0.5) is 5.69 Å². The predicted molar refractivity (Wildman–Crippen MR) is 86.9 cm³/mol. The Labute approximate surface area is 132 Å². The Hall–Kier alpha value is -2.83. The number of hydrogen-bond donors (Lipinski definition) is 1. The van der Waals surface area contributed by atoms with Gasteiger partial charge >= 0.3 is 0 Å². The number of nitro groups is 1. The molecule has 1 aromatic carbocycles. The Balaban J connectivity index is 2.84. The Morgan fingerprint density at radius 1 is 1.43 bits per heavy atom. The molecular weight excluding hydrogens is 300 g/mol. The second-order valence-electron chi connectivity index (χ2n) is 4.90. The Morgan fingerprint density at radius 2 is 2.13 bits per heavy atom. The van der Waals surface area contributed by atoms with Crippen LogP contribution in [0.1, 0.15) is 27.2 Å². The number of nitrogens with zero attached hydrogens (tertiary/aromatic N) is 2. The van der Waals surface area contributed by atoms with Gasteiger partial charge in [0.2, 0.25) is 5.75 Å². The molecule has 0 aliphatic carbocycles. The molecule has 0 aliphatic rings. The minimum Gasteiger partial charge on any atom is -0.500 e. The maximum absolute atomic E-state index is 12.3. The number of fused-ring (bicyclic) bond motifs is 1. The van der Waals surface area contributed by atoms with Gasteiger partial charge in [0, 0.05) is 30.5 Å². The van der Waals surface area contributed by atoms with Crippen LogP contribution in [0, 0.1) is 10.1 Å². The zero-order valence-electron chi connectivity index (χ0n) is 13.2. The summed E-state index contributed by atoms with van der Waals surface area (Å²) in [6, 6.07) is 4.12. The summed E-state index contributed by atoms with van der Waals surface area (Å²) >= 11 is 0. The van der Waals surface area contributed by atoms with Crippen molar-refractivity contribution in [1.29, 1.82) is 0 Å². The van der Waals surface area contributed by atoms with Crippen LogP contribution < -0.4 is 10.3 Å². The van der Waals surface area contributed by atoms with Crippen LogP contribution in [0.25, 0.3) is 10.9 Å². The minimum absolute atomic E-state index is 0.0274. The Kier molecular flexibility index (Phi) is 4.68. The van der Waals surface area contributed by atoms with E-state index in [4.69, 9.17) is 4.74 Å². The number of aromatic hydroxyl groups is 1. The van der Waals surface area contributed by atoms with Gasteiger partial charge in [-0.25, -0.2) is 0 Å². The molecule has 2 rings (SSSR count). The van der Waals surface area contributed by atoms with Crippen LogP contribution in [-0.2, 0) is 6.54 Å². The highest BCUT2D eigenvalue weighted by Crippen LogP contribution is 2.35. The van der Waals surface area contributed by atoms with E-state index < -0.39 is 16.2 Å². The normalized spacial score (nSPS) is 11.7. The molecule has 2 aromatic rings. The molecule has 7 heteroatoms. The SMILES string of the molecule is CC=C(CC)Oc1c(O)c(=O)n(CC)c2cc([N+](=O)[O-])ccc12. The third-order valence-electron chi connectivity index (χ3n) is 3.61. The number of allylic oxidation sites excluding steroid dienone is 2. The molecule has 23 heavy (non-hydrogen) atoms. The van der Waals surface area contributed by atoms with E-state index in [1.807, 2.05) is 6.92 Å². The van der Waals surface area contributed by atoms with Gasteiger partial charge in [-0.2, -0.15) is 0 Å². The summed E-state index contributed by atoms with van der Waals surface area (Å²) < 4.78 is 6.95. The first-order valence-electron chi connectivity index (χ1n) is 7.31. The molecule has 0 atom stereocenters. The molecule has 0 spiro atoms. The van der Waals surface area contributed by atoms with Gasteiger partial charge in [-0.15, -0.1) is 0 Å². The topological polar surface area (TPSA) is 94.6 Å². The van der Waals surface area contributed by atoms with Gasteiger partial charge in [0.15, 0.2) is 5.75 Å². The van der Waals surface area contributed by atoms with E-state index in [1.165, 1.54) is 22.8 Å². The largest absolute Gasteiger partial charge is 0.500 e. The first-order chi connectivity index (χ1) is 10.9. The average molecular weight is 318 g/mol. The number of pyridine rings is 1. The average Bonchev–Trinajstić information content (AvgIpc) is 2.55. The summed E-state index contributed by atoms with van der Waals surface area (Å²) in [5.74, 6) is 0.120. The molecule has 0 saturated carbocycles. The van der Waals surface area contributed by atoms with Crippen molar-refractivity contribution in [2.24, 2.45) is 0 Å². The van der Waals surface area contributed by atoms with E-state index in [1.54, 1.807) is 19.9 Å². The molecule has 0 amide bonds. The molecule has 1 aromatic heterocycles. The molecule has 0 fully saturated rings. The van der Waals surface area contributed by atoms with Crippen LogP contribution >= 0.6 is 0 Å². The molecule has 0 aliphatic heterocycles. The summed E-state index contributed by atoms with van der Waals surface area (Å²) in [6.07, 6.45) is 2.32. The quantitative estimate of drug-likeness (QED) is 0.518. The number of hydrogen-bond acceptors (Lipinski definition) is 5. The van der Waals surface area contributed by atoms with Gasteiger partial charge in [0.25, 0.3) is 11.2 Å². The molecule has 122 valence electrons. The van der Waals surface area contributed by atoms with Crippen molar-refractivity contribution < 1.29 is 14.8 Å². The van der Waals surface area contributed by atoms with Crippen LogP contribution in [0.15, 0.2) is 34.8 Å². The maximum atomic E-state index is 12.3. The van der Waals surface area contributed by atoms with Crippen molar-refractivity contribution in [2.45, 2.75) is 33.7 Å². The lowest BCUT2D eigenvalue weighted by Gasteiger charge is -2.15. The van der Waals surface area contributed by atoms with Crippen molar-refractivity contribution >= 4 is 16.6 Å². The zero-order valence-corrected chi connectivity index (χ0v) is 13.2. The van der Waals surface area contributed by atoms with Gasteiger partial charge in [-0.3, -0.25) is 14.9 Å². The first-order valence-corrected chi connectivity index (χ1v) is 7.31. The van der Waals surface area contributed by atoms with Crippen molar-refractivity contribution in [3.8, 4) is 11.5 Å². The van der Waals surface area contributed by atoms with Crippen molar-refractivity contribution in [1.82, 2.24) is 4.57 Å². The van der Waals surface area contributed by atoms with Crippen molar-refractivity contribution in [3.05, 3.63) is 50.5 Å². The van der Waals surface area contributed by atoms with Crippen LogP contribution in [-0.4, -0.2) is 14.6 Å². The molecule has 1 heterocycles. The van der Waals surface area contributed by atoms with E-state index in [2.05, 4.69) is 0 Å². The number of non-ortho nitro benzene ring substituents is 1. The minimum atomic E-state index is -0.637. The highest BCUT2D eigenvalue weighted by molar-refractivity contribution is 5.89. The summed E-state index contributed by atoms with van der Waals surface area (Å²) in [4.78, 5) is 22.8. The van der Waals surface area contributed by atoms with Gasteiger partial charge in [0.1, 0.15) is 0 Å². The highest BCUT2D eigenvalue weighted by atomic mass is 16.6. The Morgan fingerprint density at radius 3 is 2.65 bits per heavy atom. The number of rotatable bonds is 5. The predicted octanol–water partition coefficient (Wildman–Crippen LogP) is 3.33. The zero-order chi connectivity index (χ0) is 17.1. The lowest BCUT2D eigenvalue weighted by molar-refractivity contribution is -0.384. The van der Waals surface area contributed by atoms with E-state index in [0.29, 0.717) is 23.1 Å². The number of aryl methyl sites for hydroxylation is 1. The summed E-state index contributed by atoms with van der Waals surface area (Å²) in [7, 11) is 0. The third-order valence-corrected chi connectivity index (χ3v) is 3.61. The highest BCUT2D eigenvalue weighted by Gasteiger charge is 2.20. The van der Waals surface area contributed by atoms with E-state index in [9.17, 15) is 20.0 Å². The summed E-state index contributed by atoms with van der Waals surface area (Å²) in [6.45, 7) is 5.67. The fraction of sp³-hybridized carbons (Fsp3) is 0.312. The molecule has 0 bridgehead atoms. The Bertz CT molecular complexity index is 852. The summed E-state index contributed by atoms with van der Waals surface area (Å²) in [5, 5.41) is 21.6. The number of aromatic nitrogens is 1. The van der Waals surface area contributed by atoms with Gasteiger partial charge < -0.3 is 14.4 Å². The fourth-order valence-electron chi connectivity index (χ4n) is 2.39. The van der Waals surface area contributed by atoms with Crippen molar-refractivity contribution in [3.63, 3.8) is 0 Å². The van der Waals surface area contributed by atoms with E-state index >= 15 is 0 Å². The van der Waals surface area contributed by atoms with E-state index in [0.717, 1.165) is 0 Å². The van der Waals surface area contributed by atoms with Gasteiger partial charge in [0.05, 0.1) is 16.2 Å². The molecule has 1 N–H and O–H groups in total. The standard InChI is InChI=1S/C16H18N2O5/c1-4-11(5-2)23-15-12-8-7-10(18(21)22)9-13(12)17(6-3)16(20)14(15)19/h4,7-9,19H,5-6H2,1-3H3. The smallest absolute Gasteiger partial charge is 0.297 e. The first kappa shape index (κ1) is 16.5. The number of ether oxygens (including phenoxy) is 1. The second kappa shape index (κ2) is 6.51. The van der Waals surface area contributed by atoms with E-state index in [-0.39, 0.29) is 18.0 Å². The second-order valence-corrected chi connectivity index (χ2v) is 4.90. The fourth-order valence-corrected chi connectivity index (χ4v) is 2.39. The number of nitro benzene ring substituents is 1. The van der Waals surface area contributed by atoms with Gasteiger partial charge in [-0.05, 0) is 26.0 Å². The van der Waals surface area contributed by atoms with Crippen LogP contribution in [0.3, 0.4) is 0 Å². The molecule has 7 nitrogen and oxygen atoms in total. The lowest BCUT2D eigenvalue weighted by atomic mass is 10.1. The van der Waals surface area contributed by atoms with Crippen LogP contribution in [0.2, 0.25) is 0 Å². The molecule has 0 unspecified atom stereocenters. The monoisotopic (exact) mass is 318 g/mol. The molecule has 0 radical (unpaired) electrons. The van der Waals surface area contributed by atoms with Crippen LogP contribution in [0.5, 0.6) is 11.5 Å².